The Morgan fingerprint density at radius 2 is 1.90 bits per heavy atom. The standard InChI is InChI=1S/C15H16N2O3S/c1-21(18,19)14-8-3-2-5-12(14)10-20-13-7-4-6-11(9-13)15(16)17/h2-9H,10H2,1H3,(H3,16,17). The number of nitrogens with two attached hydrogens (primary N) is 1. The van der Waals surface area contributed by atoms with Crippen LogP contribution in [-0.2, 0) is 16.4 Å². The lowest BCUT2D eigenvalue weighted by atomic mass is 10.2. The van der Waals surface area contributed by atoms with E-state index in [2.05, 4.69) is 0 Å². The summed E-state index contributed by atoms with van der Waals surface area (Å²) >= 11 is 0. The number of benzene rings is 2. The van der Waals surface area contributed by atoms with Crippen LogP contribution in [0.1, 0.15) is 11.1 Å². The Hall–Kier alpha value is -2.34. The molecule has 0 saturated heterocycles. The van der Waals surface area contributed by atoms with E-state index in [0.29, 0.717) is 16.9 Å². The maximum absolute atomic E-state index is 11.7. The first-order valence-corrected chi connectivity index (χ1v) is 8.12. The Labute approximate surface area is 123 Å². The first kappa shape index (κ1) is 15.1. The van der Waals surface area contributed by atoms with Crippen LogP contribution in [0.5, 0.6) is 5.75 Å². The van der Waals surface area contributed by atoms with Gasteiger partial charge in [-0.05, 0) is 18.2 Å². The van der Waals surface area contributed by atoms with Crippen LogP contribution in [0.25, 0.3) is 0 Å². The van der Waals surface area contributed by atoms with Gasteiger partial charge in [0.05, 0.1) is 4.90 Å². The number of nitrogen functional groups attached to an aromatic ring is 1. The van der Waals surface area contributed by atoms with Crippen LogP contribution >= 0.6 is 0 Å². The van der Waals surface area contributed by atoms with Gasteiger partial charge in [0, 0.05) is 17.4 Å². The fraction of sp³-hybridized carbons (Fsp3) is 0.133. The lowest BCUT2D eigenvalue weighted by Gasteiger charge is -2.10. The lowest BCUT2D eigenvalue weighted by Crippen LogP contribution is -2.11. The van der Waals surface area contributed by atoms with Gasteiger partial charge in [0.1, 0.15) is 18.2 Å². The third-order valence-electron chi connectivity index (χ3n) is 2.91. The second-order valence-electron chi connectivity index (χ2n) is 4.61. The molecular formula is C15H16N2O3S. The largest absolute Gasteiger partial charge is 0.489 e. The van der Waals surface area contributed by atoms with E-state index < -0.39 is 9.84 Å². The van der Waals surface area contributed by atoms with Crippen molar-refractivity contribution in [1.82, 2.24) is 0 Å². The van der Waals surface area contributed by atoms with Gasteiger partial charge in [0.25, 0.3) is 0 Å². The Morgan fingerprint density at radius 1 is 1.19 bits per heavy atom. The van der Waals surface area contributed by atoms with Gasteiger partial charge in [-0.3, -0.25) is 5.41 Å². The van der Waals surface area contributed by atoms with E-state index in [-0.39, 0.29) is 17.3 Å². The molecule has 110 valence electrons. The first-order valence-electron chi connectivity index (χ1n) is 6.23. The molecule has 0 radical (unpaired) electrons. The van der Waals surface area contributed by atoms with Gasteiger partial charge in [-0.25, -0.2) is 8.42 Å². The van der Waals surface area contributed by atoms with Gasteiger partial charge < -0.3 is 10.5 Å². The molecule has 0 bridgehead atoms. The topological polar surface area (TPSA) is 93.2 Å². The molecule has 0 fully saturated rings. The molecule has 0 unspecified atom stereocenters. The van der Waals surface area contributed by atoms with E-state index in [1.807, 2.05) is 0 Å². The maximum Gasteiger partial charge on any atom is 0.175 e. The molecule has 0 aliphatic heterocycles. The Bertz CT molecular complexity index is 770. The summed E-state index contributed by atoms with van der Waals surface area (Å²) in [6.07, 6.45) is 1.17. The second kappa shape index (κ2) is 5.97. The van der Waals surface area contributed by atoms with Crippen molar-refractivity contribution < 1.29 is 13.2 Å². The van der Waals surface area contributed by atoms with Crippen LogP contribution in [0.3, 0.4) is 0 Å². The number of rotatable bonds is 5. The van der Waals surface area contributed by atoms with Crippen molar-refractivity contribution in [1.29, 1.82) is 5.41 Å². The highest BCUT2D eigenvalue weighted by Gasteiger charge is 2.12. The monoisotopic (exact) mass is 304 g/mol. The van der Waals surface area contributed by atoms with Gasteiger partial charge in [-0.15, -0.1) is 0 Å². The van der Waals surface area contributed by atoms with Crippen molar-refractivity contribution in [2.24, 2.45) is 5.73 Å². The summed E-state index contributed by atoms with van der Waals surface area (Å²) in [6.45, 7) is 0.130. The van der Waals surface area contributed by atoms with Crippen molar-refractivity contribution in [2.45, 2.75) is 11.5 Å². The minimum atomic E-state index is -3.29. The van der Waals surface area contributed by atoms with E-state index in [1.54, 1.807) is 48.5 Å². The number of hydrogen-bond acceptors (Lipinski definition) is 4. The molecule has 6 heteroatoms. The van der Waals surface area contributed by atoms with E-state index >= 15 is 0 Å². The zero-order valence-corrected chi connectivity index (χ0v) is 12.4. The van der Waals surface area contributed by atoms with Gasteiger partial charge in [0.15, 0.2) is 9.84 Å². The highest BCUT2D eigenvalue weighted by atomic mass is 32.2. The molecule has 2 aromatic rings. The van der Waals surface area contributed by atoms with E-state index in [4.69, 9.17) is 15.9 Å². The Balaban J connectivity index is 2.21. The highest BCUT2D eigenvalue weighted by molar-refractivity contribution is 7.90. The number of hydrogen-bond donors (Lipinski definition) is 2. The van der Waals surface area contributed by atoms with Crippen molar-refractivity contribution in [2.75, 3.05) is 6.26 Å². The zero-order valence-electron chi connectivity index (χ0n) is 11.5. The quantitative estimate of drug-likeness (QED) is 0.652. The highest BCUT2D eigenvalue weighted by Crippen LogP contribution is 2.19. The summed E-state index contributed by atoms with van der Waals surface area (Å²) in [4.78, 5) is 0.257. The number of nitrogens with one attached hydrogen (secondary N) is 1. The van der Waals surface area contributed by atoms with Crippen molar-refractivity contribution in [3.05, 3.63) is 59.7 Å². The molecule has 0 atom stereocenters. The molecule has 5 nitrogen and oxygen atoms in total. The molecule has 0 saturated carbocycles. The molecule has 0 aliphatic carbocycles. The summed E-state index contributed by atoms with van der Waals surface area (Å²) in [5.41, 5.74) is 6.57. The SMILES string of the molecule is CS(=O)(=O)c1ccccc1COc1cccc(C(=N)N)c1. The summed E-state index contributed by atoms with van der Waals surface area (Å²) in [5, 5.41) is 7.39. The fourth-order valence-electron chi connectivity index (χ4n) is 1.90. The predicted molar refractivity (Wildman–Crippen MR) is 81.3 cm³/mol. The summed E-state index contributed by atoms with van der Waals surface area (Å²) in [7, 11) is -3.29. The van der Waals surface area contributed by atoms with E-state index in [0.717, 1.165) is 0 Å². The third kappa shape index (κ3) is 3.82. The molecule has 0 spiro atoms. The molecule has 2 aromatic carbocycles. The molecule has 0 aromatic heterocycles. The van der Waals surface area contributed by atoms with Crippen LogP contribution in [0.2, 0.25) is 0 Å². The van der Waals surface area contributed by atoms with Crippen molar-refractivity contribution in [3.63, 3.8) is 0 Å². The first-order chi connectivity index (χ1) is 9.88. The van der Waals surface area contributed by atoms with Crippen LogP contribution in [0, 0.1) is 5.41 Å². The summed E-state index contributed by atoms with van der Waals surface area (Å²) in [5.74, 6) is 0.489. The number of amidine groups is 1. The predicted octanol–water partition coefficient (Wildman–Crippen LogP) is 1.95. The molecule has 3 N–H and O–H groups in total. The molecule has 2 rings (SSSR count). The molecule has 0 amide bonds. The molecule has 21 heavy (non-hydrogen) atoms. The van der Waals surface area contributed by atoms with Crippen LogP contribution in [0.15, 0.2) is 53.4 Å². The van der Waals surface area contributed by atoms with Gasteiger partial charge in [-0.1, -0.05) is 30.3 Å². The molecular weight excluding hydrogens is 288 g/mol. The summed E-state index contributed by atoms with van der Waals surface area (Å²) < 4.78 is 29.0. The van der Waals surface area contributed by atoms with Crippen LogP contribution in [0.4, 0.5) is 0 Å². The van der Waals surface area contributed by atoms with Gasteiger partial charge >= 0.3 is 0 Å². The van der Waals surface area contributed by atoms with Crippen LogP contribution < -0.4 is 10.5 Å². The molecule has 0 heterocycles. The van der Waals surface area contributed by atoms with E-state index in [1.165, 1.54) is 6.26 Å². The Kier molecular flexibility index (Phi) is 4.28. The van der Waals surface area contributed by atoms with Crippen molar-refractivity contribution >= 4 is 15.7 Å². The smallest absolute Gasteiger partial charge is 0.175 e. The molecule has 0 aliphatic rings. The zero-order chi connectivity index (χ0) is 15.5. The average Bonchev–Trinajstić information content (AvgIpc) is 2.45. The lowest BCUT2D eigenvalue weighted by molar-refractivity contribution is 0.303. The second-order valence-corrected chi connectivity index (χ2v) is 6.59. The maximum atomic E-state index is 11.7. The van der Waals surface area contributed by atoms with Crippen molar-refractivity contribution in [3.8, 4) is 5.75 Å². The third-order valence-corrected chi connectivity index (χ3v) is 4.11. The van der Waals surface area contributed by atoms with E-state index in [9.17, 15) is 8.42 Å². The summed E-state index contributed by atoms with van der Waals surface area (Å²) in [6, 6.07) is 13.5. The minimum Gasteiger partial charge on any atom is -0.489 e. The number of sulfone groups is 1. The Morgan fingerprint density at radius 3 is 2.57 bits per heavy atom. The average molecular weight is 304 g/mol. The fourth-order valence-corrected chi connectivity index (χ4v) is 2.83. The minimum absolute atomic E-state index is 0.0445. The number of ether oxygens (including phenoxy) is 1. The van der Waals surface area contributed by atoms with Gasteiger partial charge in [0.2, 0.25) is 0 Å². The normalized spacial score (nSPS) is 11.1. The van der Waals surface area contributed by atoms with Gasteiger partial charge in [-0.2, -0.15) is 0 Å². The van der Waals surface area contributed by atoms with Crippen LogP contribution in [-0.4, -0.2) is 20.5 Å².